The van der Waals surface area contributed by atoms with E-state index >= 15 is 0 Å². The molecule has 1 rings (SSSR count). The Labute approximate surface area is 107 Å². The lowest BCUT2D eigenvalue weighted by molar-refractivity contribution is -0.133. The topological polar surface area (TPSA) is 49.3 Å². The van der Waals surface area contributed by atoms with Crippen LogP contribution in [0.1, 0.15) is 37.3 Å². The van der Waals surface area contributed by atoms with Gasteiger partial charge in [0.2, 0.25) is 5.91 Å². The molecule has 0 aliphatic rings. The van der Waals surface area contributed by atoms with Crippen LogP contribution in [0.25, 0.3) is 0 Å². The van der Waals surface area contributed by atoms with Crippen molar-refractivity contribution in [3.8, 4) is 0 Å². The van der Waals surface area contributed by atoms with Gasteiger partial charge in [-0.05, 0) is 37.0 Å². The van der Waals surface area contributed by atoms with Crippen LogP contribution in [-0.2, 0) is 11.2 Å². The van der Waals surface area contributed by atoms with E-state index in [0.29, 0.717) is 12.0 Å². The molecule has 4 heteroatoms. The third-order valence-electron chi connectivity index (χ3n) is 3.09. The summed E-state index contributed by atoms with van der Waals surface area (Å²) >= 11 is 0. The lowest BCUT2D eigenvalue weighted by Crippen LogP contribution is -2.29. The smallest absolute Gasteiger partial charge is 0.246 e. The van der Waals surface area contributed by atoms with E-state index in [1.54, 1.807) is 24.5 Å². The fourth-order valence-electron chi connectivity index (χ4n) is 1.99. The van der Waals surface area contributed by atoms with Gasteiger partial charge in [0.25, 0.3) is 0 Å². The number of aryl methyl sites for hydroxylation is 1. The number of carbonyl (C=O) groups excluding carboxylic acids is 1. The number of unbranched alkanes of at least 4 members (excludes halogenated alkanes) is 1. The Morgan fingerprint density at radius 3 is 2.78 bits per heavy atom. The largest absolute Gasteiger partial charge is 0.289 e. The second kappa shape index (κ2) is 7.11. The summed E-state index contributed by atoms with van der Waals surface area (Å²) < 4.78 is 13.1. The Morgan fingerprint density at radius 1 is 1.50 bits per heavy atom. The third kappa shape index (κ3) is 4.11. The summed E-state index contributed by atoms with van der Waals surface area (Å²) in [5.41, 5.74) is 3.20. The quantitative estimate of drug-likeness (QED) is 0.605. The van der Waals surface area contributed by atoms with Gasteiger partial charge in [-0.1, -0.05) is 31.9 Å². The molecule has 0 saturated heterocycles. The SMILES string of the molecule is CCCCC(Cc1ccc(F)c(C)c1)C(=O)NO. The summed E-state index contributed by atoms with van der Waals surface area (Å²) in [6, 6.07) is 4.85. The molecule has 0 aliphatic carbocycles. The molecular formula is C14H20FNO2. The molecule has 1 aromatic rings. The van der Waals surface area contributed by atoms with Crippen LogP contribution < -0.4 is 5.48 Å². The molecule has 0 fully saturated rings. The minimum atomic E-state index is -0.370. The highest BCUT2D eigenvalue weighted by molar-refractivity contribution is 5.77. The van der Waals surface area contributed by atoms with Crippen molar-refractivity contribution in [1.82, 2.24) is 5.48 Å². The molecule has 0 spiro atoms. The number of hydrogen-bond acceptors (Lipinski definition) is 2. The van der Waals surface area contributed by atoms with Crippen molar-refractivity contribution in [2.24, 2.45) is 5.92 Å². The van der Waals surface area contributed by atoms with Gasteiger partial charge in [0.05, 0.1) is 0 Å². The van der Waals surface area contributed by atoms with Crippen LogP contribution >= 0.6 is 0 Å². The maximum Gasteiger partial charge on any atom is 0.246 e. The number of halogens is 1. The summed E-state index contributed by atoms with van der Waals surface area (Å²) in [7, 11) is 0. The first-order valence-electron chi connectivity index (χ1n) is 6.27. The van der Waals surface area contributed by atoms with Crippen LogP contribution in [-0.4, -0.2) is 11.1 Å². The Bertz CT molecular complexity index is 407. The van der Waals surface area contributed by atoms with Gasteiger partial charge in [-0.2, -0.15) is 0 Å². The first-order chi connectivity index (χ1) is 8.58. The van der Waals surface area contributed by atoms with E-state index in [2.05, 4.69) is 6.92 Å². The first-order valence-corrected chi connectivity index (χ1v) is 6.27. The molecule has 100 valence electrons. The highest BCUT2D eigenvalue weighted by Gasteiger charge is 2.18. The summed E-state index contributed by atoms with van der Waals surface area (Å²) in [6.07, 6.45) is 3.17. The van der Waals surface area contributed by atoms with Crippen molar-refractivity contribution in [3.05, 3.63) is 35.1 Å². The van der Waals surface area contributed by atoms with Crippen LogP contribution in [0.4, 0.5) is 4.39 Å². The first kappa shape index (κ1) is 14.6. The van der Waals surface area contributed by atoms with Crippen LogP contribution in [0.3, 0.4) is 0 Å². The molecule has 0 saturated carbocycles. The van der Waals surface area contributed by atoms with Crippen molar-refractivity contribution in [3.63, 3.8) is 0 Å². The van der Waals surface area contributed by atoms with Gasteiger partial charge >= 0.3 is 0 Å². The number of hydroxylamine groups is 1. The Kier molecular flexibility index (Phi) is 5.78. The van der Waals surface area contributed by atoms with E-state index in [9.17, 15) is 9.18 Å². The van der Waals surface area contributed by atoms with Crippen LogP contribution in [0, 0.1) is 18.7 Å². The molecule has 0 aromatic heterocycles. The zero-order valence-electron chi connectivity index (χ0n) is 10.9. The van der Waals surface area contributed by atoms with E-state index in [0.717, 1.165) is 24.8 Å². The summed E-state index contributed by atoms with van der Waals surface area (Å²) in [4.78, 5) is 11.5. The fraction of sp³-hybridized carbons (Fsp3) is 0.500. The van der Waals surface area contributed by atoms with Gasteiger partial charge < -0.3 is 0 Å². The molecule has 0 heterocycles. The molecule has 1 aromatic carbocycles. The Morgan fingerprint density at radius 2 is 2.22 bits per heavy atom. The average Bonchev–Trinajstić information content (AvgIpc) is 2.37. The maximum atomic E-state index is 13.1. The molecule has 0 radical (unpaired) electrons. The predicted octanol–water partition coefficient (Wildman–Crippen LogP) is 2.99. The number of carbonyl (C=O) groups is 1. The molecule has 1 unspecified atom stereocenters. The summed E-state index contributed by atoms with van der Waals surface area (Å²) in [5.74, 6) is -0.874. The second-order valence-electron chi connectivity index (χ2n) is 4.60. The van der Waals surface area contributed by atoms with E-state index in [-0.39, 0.29) is 17.6 Å². The minimum absolute atomic E-state index is 0.240. The molecule has 0 bridgehead atoms. The van der Waals surface area contributed by atoms with Gasteiger partial charge in [0.1, 0.15) is 5.82 Å². The molecule has 0 aliphatic heterocycles. The maximum absolute atomic E-state index is 13.1. The zero-order valence-corrected chi connectivity index (χ0v) is 10.9. The van der Waals surface area contributed by atoms with E-state index in [1.165, 1.54) is 6.07 Å². The standard InChI is InChI=1S/C14H20FNO2/c1-3-4-5-12(14(17)16-18)9-11-6-7-13(15)10(2)8-11/h6-8,12,18H,3-5,9H2,1-2H3,(H,16,17). The van der Waals surface area contributed by atoms with Crippen LogP contribution in [0.15, 0.2) is 18.2 Å². The van der Waals surface area contributed by atoms with Crippen molar-refractivity contribution >= 4 is 5.91 Å². The zero-order chi connectivity index (χ0) is 13.5. The third-order valence-corrected chi connectivity index (χ3v) is 3.09. The van der Waals surface area contributed by atoms with Gasteiger partial charge in [-0.15, -0.1) is 0 Å². The number of hydrogen-bond donors (Lipinski definition) is 2. The highest BCUT2D eigenvalue weighted by Crippen LogP contribution is 2.18. The minimum Gasteiger partial charge on any atom is -0.289 e. The second-order valence-corrected chi connectivity index (χ2v) is 4.60. The van der Waals surface area contributed by atoms with Gasteiger partial charge in [-0.3, -0.25) is 10.0 Å². The summed E-state index contributed by atoms with van der Waals surface area (Å²) in [6.45, 7) is 3.75. The van der Waals surface area contributed by atoms with Crippen LogP contribution in [0.5, 0.6) is 0 Å². The highest BCUT2D eigenvalue weighted by atomic mass is 19.1. The molecule has 2 N–H and O–H groups in total. The number of amides is 1. The summed E-state index contributed by atoms with van der Waals surface area (Å²) in [5, 5.41) is 8.72. The van der Waals surface area contributed by atoms with Gasteiger partial charge in [-0.25, -0.2) is 9.87 Å². The van der Waals surface area contributed by atoms with E-state index in [4.69, 9.17) is 5.21 Å². The monoisotopic (exact) mass is 253 g/mol. The molecule has 1 amide bonds. The molecule has 3 nitrogen and oxygen atoms in total. The Balaban J connectivity index is 2.75. The number of benzene rings is 1. The van der Waals surface area contributed by atoms with Gasteiger partial charge in [0.15, 0.2) is 0 Å². The van der Waals surface area contributed by atoms with Crippen LogP contribution in [0.2, 0.25) is 0 Å². The Hall–Kier alpha value is -1.42. The lowest BCUT2D eigenvalue weighted by Gasteiger charge is -2.14. The molecule has 1 atom stereocenters. The van der Waals surface area contributed by atoms with Crippen molar-refractivity contribution in [1.29, 1.82) is 0 Å². The normalized spacial score (nSPS) is 12.2. The fourth-order valence-corrected chi connectivity index (χ4v) is 1.99. The van der Waals surface area contributed by atoms with E-state index < -0.39 is 0 Å². The van der Waals surface area contributed by atoms with Crippen molar-refractivity contribution in [2.75, 3.05) is 0 Å². The van der Waals surface area contributed by atoms with Crippen molar-refractivity contribution < 1.29 is 14.4 Å². The predicted molar refractivity (Wildman–Crippen MR) is 67.8 cm³/mol. The number of rotatable bonds is 6. The van der Waals surface area contributed by atoms with Gasteiger partial charge in [0, 0.05) is 5.92 Å². The number of nitrogens with one attached hydrogen (secondary N) is 1. The van der Waals surface area contributed by atoms with Crippen molar-refractivity contribution in [2.45, 2.75) is 39.5 Å². The lowest BCUT2D eigenvalue weighted by atomic mass is 9.93. The van der Waals surface area contributed by atoms with E-state index in [1.807, 2.05) is 0 Å². The molecular weight excluding hydrogens is 233 g/mol. The average molecular weight is 253 g/mol. The molecule has 18 heavy (non-hydrogen) atoms.